The Morgan fingerprint density at radius 2 is 2.08 bits per heavy atom. The highest BCUT2D eigenvalue weighted by Crippen LogP contribution is 2.36. The fourth-order valence-electron chi connectivity index (χ4n) is 2.91. The summed E-state index contributed by atoms with van der Waals surface area (Å²) in [6.45, 7) is 12.4. The van der Waals surface area contributed by atoms with Crippen LogP contribution in [0.1, 0.15) is 52.7 Å². The van der Waals surface area contributed by atoms with E-state index in [1.54, 1.807) is 11.1 Å². The normalized spacial score (nSPS) is 15.6. The van der Waals surface area contributed by atoms with Crippen LogP contribution in [0, 0.1) is 0 Å². The smallest absolute Gasteiger partial charge is 0.254 e. The zero-order chi connectivity index (χ0) is 19.3. The molecule has 0 atom stereocenters. The van der Waals surface area contributed by atoms with Crippen molar-refractivity contribution >= 4 is 12.6 Å². The van der Waals surface area contributed by atoms with Crippen molar-refractivity contribution in [1.82, 2.24) is 15.2 Å². The molecule has 0 unspecified atom stereocenters. The van der Waals surface area contributed by atoms with E-state index in [-0.39, 0.29) is 11.4 Å². The summed E-state index contributed by atoms with van der Waals surface area (Å²) in [5.74, 6) is 0.708. The molecule has 1 amide bonds. The Morgan fingerprint density at radius 3 is 2.54 bits per heavy atom. The van der Waals surface area contributed by atoms with Gasteiger partial charge in [-0.3, -0.25) is 9.78 Å². The van der Waals surface area contributed by atoms with Crippen LogP contribution in [0.2, 0.25) is 0 Å². The molecule has 140 valence electrons. The number of carbonyl (C=O) groups excluding carboxylic acids is 1. The highest BCUT2D eigenvalue weighted by atomic mass is 16.2. The standard InChI is InChI=1S/C21H30N4O/c1-7-17(19(22-5)24-21(4)11-12-21)18(15(2)3)20(26)25(6)14-16-10-8-9-13-23-16/h8-10,13,24H,5,7,11-12,14H2,1-4,6H3/b19-17-. The minimum atomic E-state index is -0.0172. The highest BCUT2D eigenvalue weighted by molar-refractivity contribution is 5.98. The first-order valence-electron chi connectivity index (χ1n) is 9.12. The monoisotopic (exact) mass is 354 g/mol. The van der Waals surface area contributed by atoms with Crippen molar-refractivity contribution in [3.05, 3.63) is 52.6 Å². The number of allylic oxidation sites excluding steroid dienone is 1. The third-order valence-electron chi connectivity index (χ3n) is 4.71. The van der Waals surface area contributed by atoms with Crippen LogP contribution < -0.4 is 5.32 Å². The van der Waals surface area contributed by atoms with E-state index in [9.17, 15) is 4.79 Å². The number of nitrogens with one attached hydrogen (secondary N) is 1. The van der Waals surface area contributed by atoms with Gasteiger partial charge >= 0.3 is 0 Å². The maximum atomic E-state index is 13.2. The van der Waals surface area contributed by atoms with E-state index >= 15 is 0 Å². The van der Waals surface area contributed by atoms with Gasteiger partial charge in [-0.1, -0.05) is 18.6 Å². The Bertz CT molecular complexity index is 726. The lowest BCUT2D eigenvalue weighted by molar-refractivity contribution is -0.126. The Morgan fingerprint density at radius 1 is 1.38 bits per heavy atom. The number of aromatic nitrogens is 1. The summed E-state index contributed by atoms with van der Waals surface area (Å²) in [6.07, 6.45) is 4.68. The molecule has 2 rings (SSSR count). The van der Waals surface area contributed by atoms with Gasteiger partial charge in [-0.15, -0.1) is 0 Å². The van der Waals surface area contributed by atoms with Gasteiger partial charge in [-0.25, -0.2) is 4.99 Å². The molecule has 0 spiro atoms. The van der Waals surface area contributed by atoms with E-state index in [1.807, 2.05) is 46.0 Å². The summed E-state index contributed by atoms with van der Waals surface area (Å²) < 4.78 is 0. The van der Waals surface area contributed by atoms with Crippen molar-refractivity contribution in [1.29, 1.82) is 0 Å². The molecule has 1 fully saturated rings. The molecule has 0 saturated heterocycles. The molecule has 0 aromatic carbocycles. The lowest BCUT2D eigenvalue weighted by Crippen LogP contribution is -2.32. The fraction of sp³-hybridized carbons (Fsp3) is 0.476. The first kappa shape index (κ1) is 19.9. The van der Waals surface area contributed by atoms with Gasteiger partial charge in [0, 0.05) is 29.9 Å². The molecular formula is C21H30N4O. The second-order valence-corrected chi connectivity index (χ2v) is 7.38. The maximum Gasteiger partial charge on any atom is 0.254 e. The average Bonchev–Trinajstić information content (AvgIpc) is 3.35. The fourth-order valence-corrected chi connectivity index (χ4v) is 2.91. The van der Waals surface area contributed by atoms with E-state index in [4.69, 9.17) is 0 Å². The zero-order valence-electron chi connectivity index (χ0n) is 16.6. The van der Waals surface area contributed by atoms with Crippen LogP contribution in [0.25, 0.3) is 0 Å². The van der Waals surface area contributed by atoms with Gasteiger partial charge < -0.3 is 10.2 Å². The average molecular weight is 354 g/mol. The van der Waals surface area contributed by atoms with E-state index in [1.165, 1.54) is 0 Å². The summed E-state index contributed by atoms with van der Waals surface area (Å²) in [5, 5.41) is 3.48. The van der Waals surface area contributed by atoms with Crippen molar-refractivity contribution in [2.75, 3.05) is 7.05 Å². The molecule has 0 bridgehead atoms. The highest BCUT2D eigenvalue weighted by Gasteiger charge is 2.38. The predicted molar refractivity (Wildman–Crippen MR) is 107 cm³/mol. The second kappa shape index (κ2) is 8.30. The number of likely N-dealkylation sites (N-methyl/N-ethyl adjacent to an activating group) is 1. The third kappa shape index (κ3) is 4.81. The van der Waals surface area contributed by atoms with Crippen molar-refractivity contribution < 1.29 is 4.79 Å². The van der Waals surface area contributed by atoms with E-state index in [0.29, 0.717) is 18.5 Å². The molecule has 26 heavy (non-hydrogen) atoms. The molecule has 0 aliphatic heterocycles. The Labute approximate surface area is 156 Å². The topological polar surface area (TPSA) is 57.6 Å². The van der Waals surface area contributed by atoms with Crippen molar-refractivity contribution in [2.45, 2.75) is 59.0 Å². The number of nitrogens with zero attached hydrogens (tertiary/aromatic N) is 3. The van der Waals surface area contributed by atoms with E-state index < -0.39 is 0 Å². The van der Waals surface area contributed by atoms with E-state index in [2.05, 4.69) is 28.9 Å². The molecule has 1 heterocycles. The number of aliphatic imine (C=N–C) groups is 1. The lowest BCUT2D eigenvalue weighted by atomic mass is 9.97. The quantitative estimate of drug-likeness (QED) is 0.438. The lowest BCUT2D eigenvalue weighted by Gasteiger charge is -2.24. The predicted octanol–water partition coefficient (Wildman–Crippen LogP) is 3.84. The van der Waals surface area contributed by atoms with Crippen LogP contribution in [-0.2, 0) is 11.3 Å². The van der Waals surface area contributed by atoms with Crippen LogP contribution in [0.3, 0.4) is 0 Å². The van der Waals surface area contributed by atoms with E-state index in [0.717, 1.165) is 35.5 Å². The van der Waals surface area contributed by atoms with Gasteiger partial charge in [0.25, 0.3) is 5.91 Å². The first-order chi connectivity index (χ1) is 12.3. The summed E-state index contributed by atoms with van der Waals surface area (Å²) in [4.78, 5) is 23.4. The van der Waals surface area contributed by atoms with Crippen LogP contribution in [-0.4, -0.2) is 35.1 Å². The number of hydrogen-bond donors (Lipinski definition) is 1. The number of rotatable bonds is 8. The molecule has 1 saturated carbocycles. The van der Waals surface area contributed by atoms with Crippen LogP contribution in [0.4, 0.5) is 0 Å². The minimum absolute atomic E-state index is 0.0172. The zero-order valence-corrected chi connectivity index (χ0v) is 16.6. The molecule has 1 aromatic heterocycles. The Hall–Kier alpha value is -2.43. The van der Waals surface area contributed by atoms with Gasteiger partial charge in [0.1, 0.15) is 5.82 Å². The second-order valence-electron chi connectivity index (χ2n) is 7.38. The Balaban J connectivity index is 2.32. The molecule has 1 aliphatic rings. The summed E-state index contributed by atoms with van der Waals surface area (Å²) in [7, 11) is 1.81. The molecule has 1 aliphatic carbocycles. The SMILES string of the molecule is C=N/C(NC1(C)CC1)=C(\CC)C(C(=O)N(C)Cc1ccccn1)=C(C)C. The molecule has 1 N–H and O–H groups in total. The molecular weight excluding hydrogens is 324 g/mol. The largest absolute Gasteiger partial charge is 0.365 e. The van der Waals surface area contributed by atoms with Crippen LogP contribution >= 0.6 is 0 Å². The molecule has 0 radical (unpaired) electrons. The van der Waals surface area contributed by atoms with Gasteiger partial charge in [-0.05, 0) is 58.9 Å². The number of pyridine rings is 1. The first-order valence-corrected chi connectivity index (χ1v) is 9.12. The molecule has 5 heteroatoms. The number of amides is 1. The van der Waals surface area contributed by atoms with Gasteiger partial charge in [0.2, 0.25) is 0 Å². The van der Waals surface area contributed by atoms with Crippen molar-refractivity contribution in [3.63, 3.8) is 0 Å². The van der Waals surface area contributed by atoms with Crippen molar-refractivity contribution in [3.8, 4) is 0 Å². The molecule has 5 nitrogen and oxygen atoms in total. The summed E-state index contributed by atoms with van der Waals surface area (Å²) in [5.41, 5.74) is 3.55. The van der Waals surface area contributed by atoms with Gasteiger partial charge in [0.15, 0.2) is 0 Å². The Kier molecular flexibility index (Phi) is 6.35. The summed E-state index contributed by atoms with van der Waals surface area (Å²) >= 11 is 0. The third-order valence-corrected chi connectivity index (χ3v) is 4.71. The van der Waals surface area contributed by atoms with Crippen LogP contribution in [0.15, 0.2) is 51.9 Å². The van der Waals surface area contributed by atoms with Crippen molar-refractivity contribution in [2.24, 2.45) is 4.99 Å². The minimum Gasteiger partial charge on any atom is -0.365 e. The number of carbonyl (C=O) groups is 1. The van der Waals surface area contributed by atoms with Gasteiger partial charge in [-0.2, -0.15) is 0 Å². The maximum absolute atomic E-state index is 13.2. The number of hydrogen-bond acceptors (Lipinski definition) is 4. The van der Waals surface area contributed by atoms with Crippen LogP contribution in [0.5, 0.6) is 0 Å². The molecule has 1 aromatic rings. The van der Waals surface area contributed by atoms with Gasteiger partial charge in [0.05, 0.1) is 12.2 Å². The summed E-state index contributed by atoms with van der Waals surface area (Å²) in [6, 6.07) is 5.73.